The molecule has 174 valence electrons. The third-order valence-electron chi connectivity index (χ3n) is 6.13. The first-order chi connectivity index (χ1) is 15.9. The number of pyridine rings is 1. The average Bonchev–Trinajstić information content (AvgIpc) is 3.51. The van der Waals surface area contributed by atoms with Gasteiger partial charge < -0.3 is 18.7 Å². The van der Waals surface area contributed by atoms with Crippen LogP contribution in [-0.2, 0) is 7.05 Å². The zero-order valence-electron chi connectivity index (χ0n) is 19.1. The van der Waals surface area contributed by atoms with Gasteiger partial charge in [0.2, 0.25) is 4.96 Å². The fourth-order valence-corrected chi connectivity index (χ4v) is 4.80. The highest BCUT2D eigenvalue weighted by Gasteiger charge is 2.28. The topological polar surface area (TPSA) is 104 Å². The predicted octanol–water partition coefficient (Wildman–Crippen LogP) is 3.35. The molecule has 0 spiro atoms. The van der Waals surface area contributed by atoms with Gasteiger partial charge in [0.1, 0.15) is 6.10 Å². The van der Waals surface area contributed by atoms with Gasteiger partial charge in [0.05, 0.1) is 11.9 Å². The van der Waals surface area contributed by atoms with E-state index >= 15 is 0 Å². The molecule has 11 heteroatoms. The van der Waals surface area contributed by atoms with Crippen LogP contribution in [-0.4, -0.2) is 48.5 Å². The Morgan fingerprint density at radius 3 is 2.67 bits per heavy atom. The molecular formula is C22H27N7O3S. The lowest BCUT2D eigenvalue weighted by Crippen LogP contribution is -2.38. The van der Waals surface area contributed by atoms with Crippen molar-refractivity contribution < 1.29 is 9.26 Å². The van der Waals surface area contributed by atoms with Crippen LogP contribution in [0.2, 0.25) is 0 Å². The third kappa shape index (κ3) is 4.37. The highest BCUT2D eigenvalue weighted by atomic mass is 32.1. The maximum atomic E-state index is 11.9. The highest BCUT2D eigenvalue weighted by Crippen LogP contribution is 2.30. The second kappa shape index (κ2) is 8.62. The first-order valence-electron chi connectivity index (χ1n) is 11.2. The predicted molar refractivity (Wildman–Crippen MR) is 125 cm³/mol. The van der Waals surface area contributed by atoms with Crippen molar-refractivity contribution in [2.45, 2.75) is 45.6 Å². The van der Waals surface area contributed by atoms with Gasteiger partial charge in [-0.2, -0.15) is 4.98 Å². The van der Waals surface area contributed by atoms with Gasteiger partial charge in [-0.3, -0.25) is 4.79 Å². The van der Waals surface area contributed by atoms with Crippen molar-refractivity contribution in [1.82, 2.24) is 29.3 Å². The van der Waals surface area contributed by atoms with Crippen LogP contribution in [0.1, 0.15) is 45.4 Å². The molecule has 0 amide bonds. The van der Waals surface area contributed by atoms with Crippen molar-refractivity contribution >= 4 is 22.3 Å². The standard InChI is InChI=1S/C22H27N7O3S/c1-13(2)19-24-20(32-26-19)28-9-6-15(7-10-28)14(3)31-22-25-29-12-17(23-21(29)33-22)16-5-8-27(4)18(30)11-16/h5,8,11-15H,6-7,9-10H2,1-4H3/t14-/m0/s1. The minimum absolute atomic E-state index is 0.0357. The lowest BCUT2D eigenvalue weighted by molar-refractivity contribution is 0.130. The number of aryl methyl sites for hydroxylation is 1. The van der Waals surface area contributed by atoms with Gasteiger partial charge in [0.15, 0.2) is 5.82 Å². The second-order valence-electron chi connectivity index (χ2n) is 8.82. The van der Waals surface area contributed by atoms with E-state index in [-0.39, 0.29) is 17.6 Å². The molecule has 1 fully saturated rings. The van der Waals surface area contributed by atoms with Crippen LogP contribution in [0.3, 0.4) is 0 Å². The number of fused-ring (bicyclic) bond motifs is 1. The van der Waals surface area contributed by atoms with Crippen LogP contribution in [0, 0.1) is 5.92 Å². The SMILES string of the molecule is CC(C)c1noc(N2CCC([C@H](C)Oc3nn4cc(-c5ccn(C)c(=O)c5)nc4s3)CC2)n1. The maximum Gasteiger partial charge on any atom is 0.324 e. The van der Waals surface area contributed by atoms with Gasteiger partial charge in [0, 0.05) is 43.9 Å². The Hall–Kier alpha value is -3.21. The number of nitrogens with zero attached hydrogens (tertiary/aromatic N) is 7. The zero-order chi connectivity index (χ0) is 23.1. The number of ether oxygens (including phenoxy) is 1. The van der Waals surface area contributed by atoms with Gasteiger partial charge in [-0.25, -0.2) is 9.50 Å². The normalized spacial score (nSPS) is 16.1. The highest BCUT2D eigenvalue weighted by molar-refractivity contribution is 7.18. The summed E-state index contributed by atoms with van der Waals surface area (Å²) in [6.07, 6.45) is 5.56. The van der Waals surface area contributed by atoms with Crippen molar-refractivity contribution in [1.29, 1.82) is 0 Å². The van der Waals surface area contributed by atoms with Gasteiger partial charge >= 0.3 is 6.01 Å². The van der Waals surface area contributed by atoms with Crippen molar-refractivity contribution in [2.24, 2.45) is 13.0 Å². The van der Waals surface area contributed by atoms with Crippen molar-refractivity contribution in [2.75, 3.05) is 18.0 Å². The molecule has 1 aliphatic rings. The maximum absolute atomic E-state index is 11.9. The van der Waals surface area contributed by atoms with E-state index in [1.165, 1.54) is 15.9 Å². The molecule has 0 aliphatic carbocycles. The Morgan fingerprint density at radius 2 is 2.00 bits per heavy atom. The first kappa shape index (κ1) is 21.6. The molecule has 1 atom stereocenters. The van der Waals surface area contributed by atoms with Crippen molar-refractivity contribution in [3.05, 3.63) is 40.7 Å². The van der Waals surface area contributed by atoms with Gasteiger partial charge in [0.25, 0.3) is 10.8 Å². The zero-order valence-corrected chi connectivity index (χ0v) is 19.9. The molecule has 4 aromatic heterocycles. The van der Waals surface area contributed by atoms with Gasteiger partial charge in [-0.15, -0.1) is 5.10 Å². The summed E-state index contributed by atoms with van der Waals surface area (Å²) >= 11 is 1.41. The summed E-state index contributed by atoms with van der Waals surface area (Å²) in [6, 6.07) is 4.06. The fourth-order valence-electron chi connectivity index (χ4n) is 3.98. The van der Waals surface area contributed by atoms with E-state index in [2.05, 4.69) is 45.9 Å². The van der Waals surface area contributed by atoms with Crippen LogP contribution in [0.15, 0.2) is 33.8 Å². The smallest absolute Gasteiger partial charge is 0.324 e. The summed E-state index contributed by atoms with van der Waals surface area (Å²) in [5.41, 5.74) is 1.43. The van der Waals surface area contributed by atoms with Crippen molar-refractivity contribution in [3.8, 4) is 16.5 Å². The molecule has 0 radical (unpaired) electrons. The summed E-state index contributed by atoms with van der Waals surface area (Å²) in [6.45, 7) is 7.93. The Labute approximate surface area is 194 Å². The number of anilines is 1. The molecule has 5 rings (SSSR count). The lowest BCUT2D eigenvalue weighted by atomic mass is 9.92. The van der Waals surface area contributed by atoms with E-state index < -0.39 is 0 Å². The molecule has 0 unspecified atom stereocenters. The van der Waals surface area contributed by atoms with Crippen LogP contribution in [0.4, 0.5) is 6.01 Å². The number of hydrogen-bond donors (Lipinski definition) is 0. The summed E-state index contributed by atoms with van der Waals surface area (Å²) < 4.78 is 14.9. The largest absolute Gasteiger partial charge is 0.466 e. The van der Waals surface area contributed by atoms with Crippen LogP contribution in [0.5, 0.6) is 5.19 Å². The Bertz CT molecular complexity index is 1280. The van der Waals surface area contributed by atoms with E-state index in [4.69, 9.17) is 9.26 Å². The molecular weight excluding hydrogens is 442 g/mol. The number of hydrogen-bond acceptors (Lipinski definition) is 9. The molecule has 1 saturated heterocycles. The average molecular weight is 470 g/mol. The quantitative estimate of drug-likeness (QED) is 0.424. The third-order valence-corrected chi connectivity index (χ3v) is 6.95. The Morgan fingerprint density at radius 1 is 1.21 bits per heavy atom. The molecule has 0 saturated carbocycles. The van der Waals surface area contributed by atoms with Gasteiger partial charge in [-0.05, 0) is 43.1 Å². The Balaban J connectivity index is 1.20. The van der Waals surface area contributed by atoms with E-state index in [0.29, 0.717) is 17.1 Å². The summed E-state index contributed by atoms with van der Waals surface area (Å²) in [4.78, 5) is 23.9. The molecule has 0 bridgehead atoms. The molecule has 1 aliphatic heterocycles. The van der Waals surface area contributed by atoms with E-state index in [0.717, 1.165) is 48.0 Å². The van der Waals surface area contributed by atoms with E-state index in [1.54, 1.807) is 23.8 Å². The van der Waals surface area contributed by atoms with Crippen LogP contribution >= 0.6 is 11.3 Å². The lowest BCUT2D eigenvalue weighted by Gasteiger charge is -2.33. The van der Waals surface area contributed by atoms with Gasteiger partial charge in [-0.1, -0.05) is 19.0 Å². The molecule has 0 N–H and O–H groups in total. The summed E-state index contributed by atoms with van der Waals surface area (Å²) in [7, 11) is 1.72. The second-order valence-corrected chi connectivity index (χ2v) is 9.74. The Kier molecular flexibility index (Phi) is 5.65. The molecule has 33 heavy (non-hydrogen) atoms. The first-order valence-corrected chi connectivity index (χ1v) is 12.0. The minimum Gasteiger partial charge on any atom is -0.466 e. The summed E-state index contributed by atoms with van der Waals surface area (Å²) in [5.74, 6) is 1.42. The van der Waals surface area contributed by atoms with Crippen molar-refractivity contribution in [3.63, 3.8) is 0 Å². The molecule has 4 aromatic rings. The minimum atomic E-state index is -0.0693. The molecule has 0 aromatic carbocycles. The van der Waals surface area contributed by atoms with Crippen LogP contribution in [0.25, 0.3) is 16.2 Å². The summed E-state index contributed by atoms with van der Waals surface area (Å²) in [5, 5.41) is 9.20. The number of piperidine rings is 1. The van der Waals surface area contributed by atoms with Crippen LogP contribution < -0.4 is 15.2 Å². The number of rotatable bonds is 6. The van der Waals surface area contributed by atoms with E-state index in [1.807, 2.05) is 12.3 Å². The number of imidazole rings is 1. The monoisotopic (exact) mass is 469 g/mol. The molecule has 10 nitrogen and oxygen atoms in total. The fraction of sp³-hybridized carbons (Fsp3) is 0.500. The van der Waals surface area contributed by atoms with E-state index in [9.17, 15) is 4.79 Å². The molecule has 5 heterocycles. The number of aromatic nitrogens is 6.